The SMILES string of the molecule is CC1(C)CCN1CC=C1CCC1. The number of hydrogen-bond donors (Lipinski definition) is 0. The Morgan fingerprint density at radius 3 is 2.50 bits per heavy atom. The Labute approximate surface area is 75.4 Å². The highest BCUT2D eigenvalue weighted by Gasteiger charge is 2.34. The van der Waals surface area contributed by atoms with Crippen LogP contribution in [0.2, 0.25) is 0 Å². The summed E-state index contributed by atoms with van der Waals surface area (Å²) in [7, 11) is 0. The molecule has 0 aromatic heterocycles. The fraction of sp³-hybridized carbons (Fsp3) is 0.818. The zero-order chi connectivity index (χ0) is 8.60. The van der Waals surface area contributed by atoms with Crippen LogP contribution in [0.5, 0.6) is 0 Å². The fourth-order valence-electron chi connectivity index (χ4n) is 1.88. The van der Waals surface area contributed by atoms with E-state index in [2.05, 4.69) is 24.8 Å². The van der Waals surface area contributed by atoms with E-state index in [-0.39, 0.29) is 0 Å². The molecule has 2 aliphatic rings. The maximum Gasteiger partial charge on any atom is 0.0171 e. The lowest BCUT2D eigenvalue weighted by Crippen LogP contribution is -2.55. The van der Waals surface area contributed by atoms with E-state index in [9.17, 15) is 0 Å². The summed E-state index contributed by atoms with van der Waals surface area (Å²) in [6.07, 6.45) is 7.98. The Morgan fingerprint density at radius 2 is 2.17 bits per heavy atom. The van der Waals surface area contributed by atoms with Gasteiger partial charge in [-0.15, -0.1) is 0 Å². The van der Waals surface area contributed by atoms with Gasteiger partial charge in [0.25, 0.3) is 0 Å². The molecule has 0 spiro atoms. The van der Waals surface area contributed by atoms with Gasteiger partial charge in [-0.1, -0.05) is 11.6 Å². The van der Waals surface area contributed by atoms with Crippen LogP contribution in [0.3, 0.4) is 0 Å². The van der Waals surface area contributed by atoms with Crippen LogP contribution in [0.25, 0.3) is 0 Å². The molecule has 1 heteroatoms. The minimum atomic E-state index is 0.487. The monoisotopic (exact) mass is 165 g/mol. The van der Waals surface area contributed by atoms with E-state index in [1.165, 1.54) is 38.8 Å². The van der Waals surface area contributed by atoms with Crippen LogP contribution in [0.15, 0.2) is 11.6 Å². The highest BCUT2D eigenvalue weighted by atomic mass is 15.2. The predicted octanol–water partition coefficient (Wildman–Crippen LogP) is 2.58. The molecule has 0 bridgehead atoms. The molecule has 0 aromatic carbocycles. The molecule has 1 nitrogen and oxygen atoms in total. The van der Waals surface area contributed by atoms with Crippen LogP contribution in [0.1, 0.15) is 39.5 Å². The smallest absolute Gasteiger partial charge is 0.0171 e. The molecule has 1 aliphatic carbocycles. The summed E-state index contributed by atoms with van der Waals surface area (Å²) in [5, 5.41) is 0. The van der Waals surface area contributed by atoms with Crippen molar-refractivity contribution in [1.29, 1.82) is 0 Å². The molecule has 0 unspecified atom stereocenters. The molecule has 1 saturated heterocycles. The Hall–Kier alpha value is -0.300. The van der Waals surface area contributed by atoms with Gasteiger partial charge >= 0.3 is 0 Å². The Kier molecular flexibility index (Phi) is 1.99. The second-order valence-corrected chi connectivity index (χ2v) is 4.72. The van der Waals surface area contributed by atoms with E-state index in [1.807, 2.05) is 0 Å². The van der Waals surface area contributed by atoms with Crippen molar-refractivity contribution in [3.8, 4) is 0 Å². The maximum absolute atomic E-state index is 2.57. The van der Waals surface area contributed by atoms with E-state index in [0.717, 1.165) is 0 Å². The number of allylic oxidation sites excluding steroid dienone is 1. The van der Waals surface area contributed by atoms with Crippen LogP contribution in [0, 0.1) is 0 Å². The molecule has 1 heterocycles. The highest BCUT2D eigenvalue weighted by Crippen LogP contribution is 2.30. The van der Waals surface area contributed by atoms with Gasteiger partial charge in [-0.3, -0.25) is 4.90 Å². The summed E-state index contributed by atoms with van der Waals surface area (Å²) in [6.45, 7) is 7.19. The van der Waals surface area contributed by atoms with Crippen LogP contribution in [-0.2, 0) is 0 Å². The van der Waals surface area contributed by atoms with Crippen molar-refractivity contribution >= 4 is 0 Å². The third-order valence-electron chi connectivity index (χ3n) is 3.45. The van der Waals surface area contributed by atoms with Gasteiger partial charge in [0, 0.05) is 18.6 Å². The van der Waals surface area contributed by atoms with E-state index < -0.39 is 0 Å². The van der Waals surface area contributed by atoms with Crippen molar-refractivity contribution in [3.63, 3.8) is 0 Å². The first kappa shape index (κ1) is 8.31. The molecule has 2 fully saturated rings. The van der Waals surface area contributed by atoms with Crippen molar-refractivity contribution in [3.05, 3.63) is 11.6 Å². The Bertz CT molecular complexity index is 197. The van der Waals surface area contributed by atoms with Gasteiger partial charge in [0.15, 0.2) is 0 Å². The molecule has 1 aliphatic heterocycles. The van der Waals surface area contributed by atoms with Gasteiger partial charge in [0.05, 0.1) is 0 Å². The van der Waals surface area contributed by atoms with Crippen molar-refractivity contribution in [2.24, 2.45) is 0 Å². The molecule has 12 heavy (non-hydrogen) atoms. The molecule has 2 rings (SSSR count). The third-order valence-corrected chi connectivity index (χ3v) is 3.45. The molecular weight excluding hydrogens is 146 g/mol. The standard InChI is InChI=1S/C11H19N/c1-11(2)7-9-12(11)8-6-10-4-3-5-10/h6H,3-5,7-9H2,1-2H3. The zero-order valence-electron chi connectivity index (χ0n) is 8.27. The normalized spacial score (nSPS) is 27.7. The zero-order valence-corrected chi connectivity index (χ0v) is 8.27. The summed E-state index contributed by atoms with van der Waals surface area (Å²) in [6, 6.07) is 0. The quantitative estimate of drug-likeness (QED) is 0.568. The molecule has 0 N–H and O–H groups in total. The first-order valence-corrected chi connectivity index (χ1v) is 5.11. The highest BCUT2D eigenvalue weighted by molar-refractivity contribution is 5.11. The van der Waals surface area contributed by atoms with Gasteiger partial charge in [0.2, 0.25) is 0 Å². The van der Waals surface area contributed by atoms with Gasteiger partial charge in [-0.25, -0.2) is 0 Å². The molecular formula is C11H19N. The van der Waals surface area contributed by atoms with E-state index in [4.69, 9.17) is 0 Å². The lowest BCUT2D eigenvalue weighted by Gasteiger charge is -2.48. The summed E-state index contributed by atoms with van der Waals surface area (Å²) in [4.78, 5) is 2.57. The summed E-state index contributed by atoms with van der Waals surface area (Å²) >= 11 is 0. The van der Waals surface area contributed by atoms with Gasteiger partial charge in [-0.2, -0.15) is 0 Å². The predicted molar refractivity (Wildman–Crippen MR) is 52.2 cm³/mol. The Morgan fingerprint density at radius 1 is 1.42 bits per heavy atom. The molecule has 68 valence electrons. The van der Waals surface area contributed by atoms with E-state index >= 15 is 0 Å². The molecule has 0 atom stereocenters. The van der Waals surface area contributed by atoms with Crippen molar-refractivity contribution in [2.45, 2.75) is 45.1 Å². The van der Waals surface area contributed by atoms with Gasteiger partial charge in [0.1, 0.15) is 0 Å². The molecule has 0 amide bonds. The van der Waals surface area contributed by atoms with Crippen LogP contribution >= 0.6 is 0 Å². The average Bonchev–Trinajstić information content (AvgIpc) is 1.92. The Balaban J connectivity index is 1.80. The molecule has 0 radical (unpaired) electrons. The van der Waals surface area contributed by atoms with E-state index in [0.29, 0.717) is 5.54 Å². The van der Waals surface area contributed by atoms with Crippen molar-refractivity contribution in [1.82, 2.24) is 4.90 Å². The number of likely N-dealkylation sites (tertiary alicyclic amines) is 1. The number of rotatable bonds is 2. The van der Waals surface area contributed by atoms with Crippen molar-refractivity contribution in [2.75, 3.05) is 13.1 Å². The largest absolute Gasteiger partial charge is 0.294 e. The average molecular weight is 165 g/mol. The van der Waals surface area contributed by atoms with E-state index in [1.54, 1.807) is 5.57 Å². The maximum atomic E-state index is 2.57. The number of nitrogens with zero attached hydrogens (tertiary/aromatic N) is 1. The first-order chi connectivity index (χ1) is 5.68. The van der Waals surface area contributed by atoms with Crippen LogP contribution < -0.4 is 0 Å². The minimum absolute atomic E-state index is 0.487. The fourth-order valence-corrected chi connectivity index (χ4v) is 1.88. The lowest BCUT2D eigenvalue weighted by molar-refractivity contribution is 0.0281. The van der Waals surface area contributed by atoms with Crippen molar-refractivity contribution < 1.29 is 0 Å². The minimum Gasteiger partial charge on any atom is -0.294 e. The summed E-state index contributed by atoms with van der Waals surface area (Å²) < 4.78 is 0. The summed E-state index contributed by atoms with van der Waals surface area (Å²) in [5.41, 5.74) is 2.18. The molecule has 0 aromatic rings. The third kappa shape index (κ3) is 1.42. The lowest BCUT2D eigenvalue weighted by atomic mass is 9.87. The van der Waals surface area contributed by atoms with Gasteiger partial charge < -0.3 is 0 Å². The molecule has 1 saturated carbocycles. The summed E-state index contributed by atoms with van der Waals surface area (Å²) in [5.74, 6) is 0. The topological polar surface area (TPSA) is 3.24 Å². The van der Waals surface area contributed by atoms with Crippen LogP contribution in [-0.4, -0.2) is 23.5 Å². The number of hydrogen-bond acceptors (Lipinski definition) is 1. The second kappa shape index (κ2) is 2.88. The van der Waals surface area contributed by atoms with Crippen LogP contribution in [0.4, 0.5) is 0 Å². The van der Waals surface area contributed by atoms with Gasteiger partial charge in [-0.05, 0) is 39.5 Å². The first-order valence-electron chi connectivity index (χ1n) is 5.11. The second-order valence-electron chi connectivity index (χ2n) is 4.72.